The lowest BCUT2D eigenvalue weighted by Gasteiger charge is -2.38. The lowest BCUT2D eigenvalue weighted by atomic mass is 9.66. The van der Waals surface area contributed by atoms with E-state index in [0.717, 1.165) is 65.2 Å². The first-order valence-corrected chi connectivity index (χ1v) is 15.0. The molecular formula is C34H43NO5. The molecule has 2 aliphatic carbocycles. The van der Waals surface area contributed by atoms with Crippen LogP contribution in [0.3, 0.4) is 0 Å². The van der Waals surface area contributed by atoms with E-state index < -0.39 is 23.9 Å². The molecule has 0 radical (unpaired) electrons. The lowest BCUT2D eigenvalue weighted by Crippen LogP contribution is -2.42. The molecule has 6 nitrogen and oxygen atoms in total. The van der Waals surface area contributed by atoms with Gasteiger partial charge in [-0.1, -0.05) is 80.7 Å². The molecule has 2 aromatic carbocycles. The SMILES string of the molecule is C/C(=C\c1ccc(O)c2ccccc12)CC[C@@H](O)C1=C(C(C)C)C[C@H]2C(=O)N(C3CCCCC3)C(=O)[C@H]2[C@H]1CO. The minimum atomic E-state index is -0.804. The van der Waals surface area contributed by atoms with Crippen LogP contribution in [0, 0.1) is 23.7 Å². The number of rotatable bonds is 8. The van der Waals surface area contributed by atoms with Crippen molar-refractivity contribution in [2.45, 2.75) is 84.3 Å². The molecule has 3 N–H and O–H groups in total. The maximum absolute atomic E-state index is 13.7. The van der Waals surface area contributed by atoms with Crippen LogP contribution in [0.4, 0.5) is 0 Å². The van der Waals surface area contributed by atoms with E-state index in [4.69, 9.17) is 0 Å². The summed E-state index contributed by atoms with van der Waals surface area (Å²) in [7, 11) is 0. The molecule has 0 spiro atoms. The Bertz CT molecular complexity index is 1340. The van der Waals surface area contributed by atoms with Crippen molar-refractivity contribution in [2.75, 3.05) is 6.61 Å². The maximum Gasteiger partial charge on any atom is 0.234 e. The standard InChI is InChI=1S/C34H43NO5/c1-20(2)26-18-27-32(34(40)35(33(27)39)23-9-5-4-6-10-23)28(19-36)31(26)30(38)15-13-21(3)17-22-14-16-29(37)25-12-8-7-11-24(22)25/h7-8,11-12,14,16-17,20,23,27-28,30,32,36-38H,4-6,9-10,13,15,18-19H2,1-3H3/b21-17+/t27-,28+,30-,32-/m1/s1. The highest BCUT2D eigenvalue weighted by molar-refractivity contribution is 6.06. The van der Waals surface area contributed by atoms with Crippen molar-refractivity contribution in [3.63, 3.8) is 0 Å². The number of amides is 2. The number of aromatic hydroxyl groups is 1. The van der Waals surface area contributed by atoms with Crippen molar-refractivity contribution in [3.8, 4) is 5.75 Å². The molecule has 0 unspecified atom stereocenters. The zero-order chi connectivity index (χ0) is 28.6. The second kappa shape index (κ2) is 11.9. The molecule has 1 saturated carbocycles. The van der Waals surface area contributed by atoms with E-state index in [2.05, 4.69) is 19.9 Å². The number of carbonyl (C=O) groups excluding carboxylic acids is 2. The predicted octanol–water partition coefficient (Wildman–Crippen LogP) is 5.99. The van der Waals surface area contributed by atoms with Gasteiger partial charge in [-0.2, -0.15) is 0 Å². The second-order valence-corrected chi connectivity index (χ2v) is 12.4. The van der Waals surface area contributed by atoms with E-state index in [9.17, 15) is 24.9 Å². The Morgan fingerprint density at radius 2 is 1.73 bits per heavy atom. The van der Waals surface area contributed by atoms with E-state index in [1.54, 1.807) is 11.0 Å². The van der Waals surface area contributed by atoms with Crippen LogP contribution in [0.25, 0.3) is 16.8 Å². The first kappa shape index (κ1) is 28.6. The number of carbonyl (C=O) groups is 2. The van der Waals surface area contributed by atoms with Crippen LogP contribution in [0.2, 0.25) is 0 Å². The summed E-state index contributed by atoms with van der Waals surface area (Å²) in [5.74, 6) is -1.44. The number of phenolic OH excluding ortho intramolecular Hbond substituents is 1. The summed E-state index contributed by atoms with van der Waals surface area (Å²) in [6, 6.07) is 11.3. The number of nitrogens with zero attached hydrogens (tertiary/aromatic N) is 1. The highest BCUT2D eigenvalue weighted by Gasteiger charge is 2.56. The van der Waals surface area contributed by atoms with Gasteiger partial charge in [-0.3, -0.25) is 14.5 Å². The van der Waals surface area contributed by atoms with Gasteiger partial charge in [0.05, 0.1) is 24.5 Å². The molecular weight excluding hydrogens is 502 g/mol. The number of likely N-dealkylation sites (tertiary alicyclic amines) is 1. The molecule has 1 saturated heterocycles. The molecule has 3 aliphatic rings. The van der Waals surface area contributed by atoms with Gasteiger partial charge in [0.2, 0.25) is 11.8 Å². The van der Waals surface area contributed by atoms with E-state index in [-0.39, 0.29) is 36.1 Å². The molecule has 2 aromatic rings. The van der Waals surface area contributed by atoms with Gasteiger partial charge in [0.25, 0.3) is 0 Å². The fraction of sp³-hybridized carbons (Fsp3) is 0.529. The molecule has 5 rings (SSSR count). The summed E-state index contributed by atoms with van der Waals surface area (Å²) in [4.78, 5) is 28.8. The number of benzene rings is 2. The van der Waals surface area contributed by atoms with Crippen molar-refractivity contribution < 1.29 is 24.9 Å². The number of fused-ring (bicyclic) bond motifs is 2. The van der Waals surface area contributed by atoms with Gasteiger partial charge in [0.15, 0.2) is 0 Å². The summed E-state index contributed by atoms with van der Waals surface area (Å²) in [6.45, 7) is 5.92. The number of phenols is 1. The van der Waals surface area contributed by atoms with Gasteiger partial charge in [-0.15, -0.1) is 0 Å². The van der Waals surface area contributed by atoms with Crippen LogP contribution in [0.5, 0.6) is 5.75 Å². The van der Waals surface area contributed by atoms with Crippen LogP contribution >= 0.6 is 0 Å². The molecule has 2 fully saturated rings. The first-order chi connectivity index (χ1) is 19.2. The number of hydrogen-bond acceptors (Lipinski definition) is 5. The van der Waals surface area contributed by atoms with E-state index in [1.165, 1.54) is 0 Å². The Labute approximate surface area is 237 Å². The number of aliphatic hydroxyl groups is 2. The summed E-state index contributed by atoms with van der Waals surface area (Å²) in [5, 5.41) is 34.2. The first-order valence-electron chi connectivity index (χ1n) is 15.0. The number of allylic oxidation sites excluding steroid dienone is 2. The summed E-state index contributed by atoms with van der Waals surface area (Å²) >= 11 is 0. The molecule has 0 aromatic heterocycles. The average molecular weight is 546 g/mol. The van der Waals surface area contributed by atoms with Crippen LogP contribution in [-0.2, 0) is 9.59 Å². The van der Waals surface area contributed by atoms with Crippen LogP contribution in [0.15, 0.2) is 53.1 Å². The molecule has 40 heavy (non-hydrogen) atoms. The van der Waals surface area contributed by atoms with Gasteiger partial charge >= 0.3 is 0 Å². The maximum atomic E-state index is 13.7. The molecule has 4 atom stereocenters. The van der Waals surface area contributed by atoms with Crippen LogP contribution in [-0.4, -0.2) is 50.8 Å². The quantitative estimate of drug-likeness (QED) is 0.280. The van der Waals surface area contributed by atoms with Crippen molar-refractivity contribution in [1.82, 2.24) is 4.90 Å². The zero-order valence-electron chi connectivity index (χ0n) is 24.0. The highest BCUT2D eigenvalue weighted by Crippen LogP contribution is 2.49. The molecule has 1 heterocycles. The van der Waals surface area contributed by atoms with Gasteiger partial charge in [0.1, 0.15) is 5.75 Å². The fourth-order valence-electron chi connectivity index (χ4n) is 7.46. The Morgan fingerprint density at radius 3 is 2.40 bits per heavy atom. The third-order valence-corrected chi connectivity index (χ3v) is 9.50. The van der Waals surface area contributed by atoms with Crippen molar-refractivity contribution in [2.24, 2.45) is 23.7 Å². The van der Waals surface area contributed by atoms with Crippen molar-refractivity contribution in [1.29, 1.82) is 0 Å². The highest BCUT2D eigenvalue weighted by atomic mass is 16.3. The van der Waals surface area contributed by atoms with E-state index >= 15 is 0 Å². The van der Waals surface area contributed by atoms with Crippen molar-refractivity contribution >= 4 is 28.7 Å². The van der Waals surface area contributed by atoms with Crippen LogP contribution < -0.4 is 0 Å². The molecule has 1 aliphatic heterocycles. The topological polar surface area (TPSA) is 98.1 Å². The third kappa shape index (κ3) is 5.24. The molecule has 214 valence electrons. The molecule has 6 heteroatoms. The lowest BCUT2D eigenvalue weighted by molar-refractivity contribution is -0.143. The normalized spacial score (nSPS) is 25.3. The van der Waals surface area contributed by atoms with Gasteiger partial charge < -0.3 is 15.3 Å². The van der Waals surface area contributed by atoms with Gasteiger partial charge in [0, 0.05) is 17.3 Å². The summed E-state index contributed by atoms with van der Waals surface area (Å²) < 4.78 is 0. The Morgan fingerprint density at radius 1 is 1.02 bits per heavy atom. The third-order valence-electron chi connectivity index (χ3n) is 9.50. The second-order valence-electron chi connectivity index (χ2n) is 12.4. The molecule has 0 bridgehead atoms. The van der Waals surface area contributed by atoms with Crippen molar-refractivity contribution in [3.05, 3.63) is 58.7 Å². The predicted molar refractivity (Wildman–Crippen MR) is 157 cm³/mol. The number of imide groups is 1. The number of aliphatic hydroxyl groups excluding tert-OH is 2. The summed E-state index contributed by atoms with van der Waals surface area (Å²) in [6.07, 6.45) is 7.81. The smallest absolute Gasteiger partial charge is 0.234 e. The number of hydrogen-bond donors (Lipinski definition) is 3. The minimum Gasteiger partial charge on any atom is -0.507 e. The summed E-state index contributed by atoms with van der Waals surface area (Å²) in [5.41, 5.74) is 3.89. The molecule has 2 amide bonds. The van der Waals surface area contributed by atoms with E-state index in [0.29, 0.717) is 19.3 Å². The average Bonchev–Trinajstić information content (AvgIpc) is 3.21. The Kier molecular flexibility index (Phi) is 8.48. The van der Waals surface area contributed by atoms with Gasteiger partial charge in [-0.05, 0) is 67.5 Å². The largest absolute Gasteiger partial charge is 0.507 e. The monoisotopic (exact) mass is 545 g/mol. The van der Waals surface area contributed by atoms with Crippen LogP contribution in [0.1, 0.15) is 77.7 Å². The minimum absolute atomic E-state index is 0.0293. The fourth-order valence-corrected chi connectivity index (χ4v) is 7.46. The Hall–Kier alpha value is -2.96. The van der Waals surface area contributed by atoms with E-state index in [1.807, 2.05) is 37.3 Å². The van der Waals surface area contributed by atoms with Gasteiger partial charge in [-0.25, -0.2) is 0 Å². The Balaban J connectivity index is 1.38. The zero-order valence-corrected chi connectivity index (χ0v) is 24.0.